The van der Waals surface area contributed by atoms with Gasteiger partial charge in [-0.3, -0.25) is 5.32 Å². The molecular formula is C4H9N7O. The quantitative estimate of drug-likeness (QED) is 0.431. The van der Waals surface area contributed by atoms with Gasteiger partial charge in [0.25, 0.3) is 0 Å². The van der Waals surface area contributed by atoms with Crippen LogP contribution in [0.2, 0.25) is 0 Å². The Morgan fingerprint density at radius 1 is 1.67 bits per heavy atom. The third-order valence-corrected chi connectivity index (χ3v) is 1.01. The summed E-state index contributed by atoms with van der Waals surface area (Å²) in [5.74, 6) is 0.199. The second kappa shape index (κ2) is 4.23. The van der Waals surface area contributed by atoms with Gasteiger partial charge in [-0.15, -0.1) is 0 Å². The largest absolute Gasteiger partial charge is 0.337 e. The van der Waals surface area contributed by atoms with Crippen molar-refractivity contribution in [2.24, 2.45) is 5.73 Å². The van der Waals surface area contributed by atoms with Crippen molar-refractivity contribution in [3.8, 4) is 0 Å². The average molecular weight is 171 g/mol. The zero-order chi connectivity index (χ0) is 8.81. The number of anilines is 1. The van der Waals surface area contributed by atoms with E-state index >= 15 is 0 Å². The molecule has 0 bridgehead atoms. The lowest BCUT2D eigenvalue weighted by molar-refractivity contribution is 0.252. The molecule has 8 heteroatoms. The fourth-order valence-corrected chi connectivity index (χ4v) is 0.550. The fraction of sp³-hybridized carbons (Fsp3) is 0.500. The molecule has 0 saturated heterocycles. The smallest absolute Gasteiger partial charge is 0.321 e. The Bertz CT molecular complexity index is 232. The Morgan fingerprint density at radius 3 is 3.08 bits per heavy atom. The summed E-state index contributed by atoms with van der Waals surface area (Å²) >= 11 is 0. The van der Waals surface area contributed by atoms with Crippen LogP contribution < -0.4 is 16.4 Å². The van der Waals surface area contributed by atoms with Crippen molar-refractivity contribution in [1.29, 1.82) is 0 Å². The highest BCUT2D eigenvalue weighted by atomic mass is 16.2. The van der Waals surface area contributed by atoms with Crippen LogP contribution in [-0.4, -0.2) is 39.7 Å². The van der Waals surface area contributed by atoms with Crippen LogP contribution in [0.1, 0.15) is 0 Å². The maximum Gasteiger partial charge on any atom is 0.321 e. The highest BCUT2D eigenvalue weighted by Gasteiger charge is 2.01. The van der Waals surface area contributed by atoms with Gasteiger partial charge >= 0.3 is 6.03 Å². The maximum absolute atomic E-state index is 10.9. The number of urea groups is 1. The summed E-state index contributed by atoms with van der Waals surface area (Å²) in [4.78, 5) is 10.9. The number of rotatable bonds is 3. The molecule has 0 radical (unpaired) electrons. The van der Waals surface area contributed by atoms with Gasteiger partial charge in [-0.05, 0) is 10.4 Å². The van der Waals surface area contributed by atoms with E-state index in [9.17, 15) is 4.79 Å². The molecule has 1 aromatic rings. The first-order valence-corrected chi connectivity index (χ1v) is 3.31. The summed E-state index contributed by atoms with van der Waals surface area (Å²) in [6.07, 6.45) is 0. The average Bonchev–Trinajstić information content (AvgIpc) is 2.53. The number of hydrogen-bond donors (Lipinski definition) is 4. The standard InChI is InChI=1S/C4H9N7O/c5-1-2-6-4(12)7-3-8-10-11-9-3/h1-2,5H2,(H3,6,7,8,9,10,11,12). The molecule has 1 aromatic heterocycles. The van der Waals surface area contributed by atoms with Crippen LogP contribution in [0.3, 0.4) is 0 Å². The topological polar surface area (TPSA) is 122 Å². The van der Waals surface area contributed by atoms with Crippen molar-refractivity contribution in [2.45, 2.75) is 0 Å². The van der Waals surface area contributed by atoms with Crippen LogP contribution in [0.5, 0.6) is 0 Å². The Hall–Kier alpha value is -1.70. The molecule has 0 aliphatic carbocycles. The molecule has 66 valence electrons. The lowest BCUT2D eigenvalue weighted by Gasteiger charge is -2.01. The predicted molar refractivity (Wildman–Crippen MR) is 40.3 cm³/mol. The van der Waals surface area contributed by atoms with E-state index in [2.05, 4.69) is 31.3 Å². The Balaban J connectivity index is 2.27. The molecule has 0 unspecified atom stereocenters. The number of amides is 2. The molecular weight excluding hydrogens is 162 g/mol. The Labute approximate surface area is 67.9 Å². The van der Waals surface area contributed by atoms with E-state index in [1.54, 1.807) is 0 Å². The minimum absolute atomic E-state index is 0.199. The first-order chi connectivity index (χ1) is 5.83. The van der Waals surface area contributed by atoms with Crippen LogP contribution in [0.25, 0.3) is 0 Å². The molecule has 1 rings (SSSR count). The van der Waals surface area contributed by atoms with Crippen LogP contribution in [0.15, 0.2) is 0 Å². The number of carbonyl (C=O) groups excluding carboxylic acids is 1. The van der Waals surface area contributed by atoms with E-state index in [1.165, 1.54) is 0 Å². The minimum Gasteiger partial charge on any atom is -0.337 e. The molecule has 1 heterocycles. The van der Waals surface area contributed by atoms with Gasteiger partial charge < -0.3 is 11.1 Å². The molecule has 0 atom stereocenters. The van der Waals surface area contributed by atoms with Crippen molar-refractivity contribution in [3.05, 3.63) is 0 Å². The monoisotopic (exact) mass is 171 g/mol. The minimum atomic E-state index is -0.390. The zero-order valence-corrected chi connectivity index (χ0v) is 6.24. The number of H-pyrrole nitrogens is 1. The Morgan fingerprint density at radius 2 is 2.50 bits per heavy atom. The molecule has 0 fully saturated rings. The molecule has 0 saturated carbocycles. The van der Waals surface area contributed by atoms with Crippen LogP contribution in [-0.2, 0) is 0 Å². The van der Waals surface area contributed by atoms with Crippen molar-refractivity contribution in [2.75, 3.05) is 18.4 Å². The van der Waals surface area contributed by atoms with Crippen molar-refractivity contribution in [3.63, 3.8) is 0 Å². The van der Waals surface area contributed by atoms with E-state index in [0.29, 0.717) is 13.1 Å². The van der Waals surface area contributed by atoms with Gasteiger partial charge in [0, 0.05) is 13.1 Å². The zero-order valence-electron chi connectivity index (χ0n) is 6.24. The van der Waals surface area contributed by atoms with Crippen LogP contribution in [0.4, 0.5) is 10.7 Å². The van der Waals surface area contributed by atoms with Gasteiger partial charge in [0.2, 0.25) is 5.95 Å². The molecule has 0 aliphatic rings. The predicted octanol–water partition coefficient (Wildman–Crippen LogP) is -1.72. The Kier molecular flexibility index (Phi) is 2.96. The molecule has 0 aromatic carbocycles. The van der Waals surface area contributed by atoms with Gasteiger partial charge in [0.15, 0.2) is 0 Å². The summed E-state index contributed by atoms with van der Waals surface area (Å²) in [7, 11) is 0. The van der Waals surface area contributed by atoms with Gasteiger partial charge in [-0.1, -0.05) is 5.10 Å². The molecule has 5 N–H and O–H groups in total. The van der Waals surface area contributed by atoms with Gasteiger partial charge in [0.1, 0.15) is 0 Å². The summed E-state index contributed by atoms with van der Waals surface area (Å²) in [6, 6.07) is -0.390. The highest BCUT2D eigenvalue weighted by molar-refractivity contribution is 5.87. The number of carbonyl (C=O) groups is 1. The number of nitrogens with zero attached hydrogens (tertiary/aromatic N) is 3. The molecule has 2 amide bonds. The van der Waals surface area contributed by atoms with Crippen molar-refractivity contribution >= 4 is 12.0 Å². The number of nitrogens with one attached hydrogen (secondary N) is 3. The highest BCUT2D eigenvalue weighted by Crippen LogP contribution is 1.87. The number of tetrazole rings is 1. The normalized spacial score (nSPS) is 9.42. The van der Waals surface area contributed by atoms with E-state index in [-0.39, 0.29) is 12.0 Å². The first-order valence-electron chi connectivity index (χ1n) is 3.31. The summed E-state index contributed by atoms with van der Waals surface area (Å²) in [5.41, 5.74) is 5.16. The SMILES string of the molecule is NCCNC(=O)Nc1nnn[nH]1. The number of hydrogen-bond acceptors (Lipinski definition) is 5. The number of aromatic amines is 1. The fourth-order valence-electron chi connectivity index (χ4n) is 0.550. The van der Waals surface area contributed by atoms with E-state index in [1.807, 2.05) is 0 Å². The number of aromatic nitrogens is 4. The van der Waals surface area contributed by atoms with E-state index < -0.39 is 0 Å². The molecule has 0 aliphatic heterocycles. The lowest BCUT2D eigenvalue weighted by atomic mass is 10.6. The van der Waals surface area contributed by atoms with E-state index in [4.69, 9.17) is 5.73 Å². The molecule has 12 heavy (non-hydrogen) atoms. The molecule has 8 nitrogen and oxygen atoms in total. The van der Waals surface area contributed by atoms with Crippen LogP contribution >= 0.6 is 0 Å². The third-order valence-electron chi connectivity index (χ3n) is 1.01. The second-order valence-electron chi connectivity index (χ2n) is 1.92. The first kappa shape index (κ1) is 8.40. The maximum atomic E-state index is 10.9. The van der Waals surface area contributed by atoms with Gasteiger partial charge in [-0.2, -0.15) is 0 Å². The summed E-state index contributed by atoms with van der Waals surface area (Å²) < 4.78 is 0. The van der Waals surface area contributed by atoms with Crippen molar-refractivity contribution < 1.29 is 4.79 Å². The molecule has 0 spiro atoms. The number of nitrogens with two attached hydrogens (primary N) is 1. The third kappa shape index (κ3) is 2.50. The summed E-state index contributed by atoms with van der Waals surface area (Å²) in [6.45, 7) is 0.801. The van der Waals surface area contributed by atoms with E-state index in [0.717, 1.165) is 0 Å². The summed E-state index contributed by atoms with van der Waals surface area (Å²) in [5, 5.41) is 17.2. The van der Waals surface area contributed by atoms with Gasteiger partial charge in [-0.25, -0.2) is 9.89 Å². The van der Waals surface area contributed by atoms with Crippen LogP contribution in [0, 0.1) is 0 Å². The second-order valence-corrected chi connectivity index (χ2v) is 1.92. The lowest BCUT2D eigenvalue weighted by Crippen LogP contribution is -2.33. The van der Waals surface area contributed by atoms with Crippen molar-refractivity contribution in [1.82, 2.24) is 25.9 Å². The van der Waals surface area contributed by atoms with Gasteiger partial charge in [0.05, 0.1) is 0 Å².